The summed E-state index contributed by atoms with van der Waals surface area (Å²) < 4.78 is 43.7. The van der Waals surface area contributed by atoms with Gasteiger partial charge in [-0.05, 0) is 42.8 Å². The third-order valence-electron chi connectivity index (χ3n) is 3.98. The standard InChI is InChI=1S/C18H14ClF3N2O2S/c1-9-12-4-6-14(18(20,21)22)24-17(12)27-15(9)16(25)23-8-10-7-11(19)3-5-13(10)26-2/h3-7H,8H2,1-2H3,(H,23,25). The Kier molecular flexibility index (Phi) is 5.30. The Labute approximate surface area is 161 Å². The van der Waals surface area contributed by atoms with Gasteiger partial charge in [0.15, 0.2) is 0 Å². The van der Waals surface area contributed by atoms with Crippen LogP contribution in [0.5, 0.6) is 5.75 Å². The summed E-state index contributed by atoms with van der Waals surface area (Å²) in [5, 5.41) is 3.77. The van der Waals surface area contributed by atoms with Crippen molar-refractivity contribution in [3.63, 3.8) is 0 Å². The van der Waals surface area contributed by atoms with E-state index in [4.69, 9.17) is 16.3 Å². The van der Waals surface area contributed by atoms with Crippen LogP contribution in [0.1, 0.15) is 26.5 Å². The topological polar surface area (TPSA) is 51.2 Å². The number of nitrogens with zero attached hydrogens (tertiary/aromatic N) is 1. The Morgan fingerprint density at radius 1 is 1.30 bits per heavy atom. The van der Waals surface area contributed by atoms with Crippen molar-refractivity contribution in [3.05, 3.63) is 57.1 Å². The maximum absolute atomic E-state index is 12.8. The fourth-order valence-corrected chi connectivity index (χ4v) is 3.91. The van der Waals surface area contributed by atoms with E-state index in [0.29, 0.717) is 32.2 Å². The van der Waals surface area contributed by atoms with Crippen LogP contribution in [0.25, 0.3) is 10.2 Å². The molecular weight excluding hydrogens is 401 g/mol. The summed E-state index contributed by atoms with van der Waals surface area (Å²) >= 11 is 6.90. The quantitative estimate of drug-likeness (QED) is 0.637. The second kappa shape index (κ2) is 7.36. The predicted octanol–water partition coefficient (Wildman–Crippen LogP) is 5.22. The third-order valence-corrected chi connectivity index (χ3v) is 5.42. The summed E-state index contributed by atoms with van der Waals surface area (Å²) in [6.07, 6.45) is -4.53. The summed E-state index contributed by atoms with van der Waals surface area (Å²) in [5.41, 5.74) is 0.299. The molecular formula is C18H14ClF3N2O2S. The lowest BCUT2D eigenvalue weighted by Crippen LogP contribution is -2.22. The molecule has 1 amide bonds. The van der Waals surface area contributed by atoms with Crippen LogP contribution in [-0.4, -0.2) is 18.0 Å². The number of carbonyl (C=O) groups excluding carboxylic acids is 1. The first kappa shape index (κ1) is 19.4. The highest BCUT2D eigenvalue weighted by molar-refractivity contribution is 7.20. The molecule has 3 rings (SSSR count). The Balaban J connectivity index is 1.86. The largest absolute Gasteiger partial charge is 0.496 e. The Morgan fingerprint density at radius 2 is 2.04 bits per heavy atom. The summed E-state index contributed by atoms with van der Waals surface area (Å²) in [5.74, 6) is 0.176. The number of amides is 1. The number of halogens is 4. The number of benzene rings is 1. The van der Waals surface area contributed by atoms with Gasteiger partial charge in [0.25, 0.3) is 5.91 Å². The maximum Gasteiger partial charge on any atom is 0.433 e. The van der Waals surface area contributed by atoms with Gasteiger partial charge in [0.1, 0.15) is 16.3 Å². The molecule has 0 saturated carbocycles. The fraction of sp³-hybridized carbons (Fsp3) is 0.222. The van der Waals surface area contributed by atoms with E-state index >= 15 is 0 Å². The first-order valence-corrected chi connectivity index (χ1v) is 8.98. The number of rotatable bonds is 4. The van der Waals surface area contributed by atoms with Crippen molar-refractivity contribution in [3.8, 4) is 5.75 Å². The van der Waals surface area contributed by atoms with E-state index < -0.39 is 17.8 Å². The van der Waals surface area contributed by atoms with Crippen LogP contribution >= 0.6 is 22.9 Å². The molecule has 4 nitrogen and oxygen atoms in total. The Morgan fingerprint density at radius 3 is 2.70 bits per heavy atom. The zero-order valence-corrected chi connectivity index (χ0v) is 15.9. The average molecular weight is 415 g/mol. The number of nitrogens with one attached hydrogen (secondary N) is 1. The predicted molar refractivity (Wildman–Crippen MR) is 98.5 cm³/mol. The van der Waals surface area contributed by atoms with E-state index in [-0.39, 0.29) is 11.4 Å². The van der Waals surface area contributed by atoms with Gasteiger partial charge in [-0.25, -0.2) is 4.98 Å². The van der Waals surface area contributed by atoms with Gasteiger partial charge in [-0.1, -0.05) is 11.6 Å². The summed E-state index contributed by atoms with van der Waals surface area (Å²) in [6.45, 7) is 1.85. The SMILES string of the molecule is COc1ccc(Cl)cc1CNC(=O)c1sc2nc(C(F)(F)F)ccc2c1C. The number of methoxy groups -OCH3 is 1. The van der Waals surface area contributed by atoms with Crippen molar-refractivity contribution >= 4 is 39.1 Å². The molecule has 0 bridgehead atoms. The zero-order valence-electron chi connectivity index (χ0n) is 14.3. The highest BCUT2D eigenvalue weighted by Crippen LogP contribution is 2.34. The molecule has 3 aromatic rings. The lowest BCUT2D eigenvalue weighted by molar-refractivity contribution is -0.140. The van der Waals surface area contributed by atoms with E-state index in [2.05, 4.69) is 10.3 Å². The molecule has 0 aliphatic carbocycles. The number of hydrogen-bond donors (Lipinski definition) is 1. The van der Waals surface area contributed by atoms with Gasteiger partial charge in [0.05, 0.1) is 12.0 Å². The number of thiophene rings is 1. The Bertz CT molecular complexity index is 1020. The lowest BCUT2D eigenvalue weighted by Gasteiger charge is -2.10. The average Bonchev–Trinajstić information content (AvgIpc) is 2.95. The number of hydrogen-bond acceptors (Lipinski definition) is 4. The number of fused-ring (bicyclic) bond motifs is 1. The van der Waals surface area contributed by atoms with Crippen LogP contribution in [0.4, 0.5) is 13.2 Å². The first-order valence-electron chi connectivity index (χ1n) is 7.78. The number of ether oxygens (including phenoxy) is 1. The number of pyridine rings is 1. The molecule has 142 valence electrons. The molecule has 2 aromatic heterocycles. The van der Waals surface area contributed by atoms with Crippen molar-refractivity contribution in [2.24, 2.45) is 0 Å². The van der Waals surface area contributed by atoms with Gasteiger partial charge in [-0.3, -0.25) is 4.79 Å². The smallest absolute Gasteiger partial charge is 0.433 e. The Hall–Kier alpha value is -2.32. The number of aromatic nitrogens is 1. The molecule has 1 N–H and O–H groups in total. The zero-order chi connectivity index (χ0) is 19.8. The molecule has 0 aliphatic heterocycles. The van der Waals surface area contributed by atoms with Gasteiger partial charge in [0.2, 0.25) is 0 Å². The summed E-state index contributed by atoms with van der Waals surface area (Å²) in [7, 11) is 1.51. The van der Waals surface area contributed by atoms with E-state index in [0.717, 1.165) is 17.4 Å². The minimum Gasteiger partial charge on any atom is -0.496 e. The summed E-state index contributed by atoms with van der Waals surface area (Å²) in [4.78, 5) is 16.7. The minimum atomic E-state index is -4.53. The highest BCUT2D eigenvalue weighted by atomic mass is 35.5. The monoisotopic (exact) mass is 414 g/mol. The maximum atomic E-state index is 12.8. The van der Waals surface area contributed by atoms with Crippen molar-refractivity contribution in [1.29, 1.82) is 0 Å². The molecule has 0 fully saturated rings. The second-order valence-corrected chi connectivity index (χ2v) is 7.18. The highest BCUT2D eigenvalue weighted by Gasteiger charge is 2.33. The van der Waals surface area contributed by atoms with Crippen LogP contribution in [0.3, 0.4) is 0 Å². The molecule has 0 aliphatic rings. The summed E-state index contributed by atoms with van der Waals surface area (Å²) in [6, 6.07) is 7.30. The van der Waals surface area contributed by atoms with Crippen LogP contribution < -0.4 is 10.1 Å². The lowest BCUT2D eigenvalue weighted by atomic mass is 10.1. The molecule has 2 heterocycles. The number of alkyl halides is 3. The molecule has 0 saturated heterocycles. The molecule has 27 heavy (non-hydrogen) atoms. The van der Waals surface area contributed by atoms with Crippen LogP contribution in [0.15, 0.2) is 30.3 Å². The minimum absolute atomic E-state index is 0.164. The van der Waals surface area contributed by atoms with Gasteiger partial charge in [-0.15, -0.1) is 11.3 Å². The van der Waals surface area contributed by atoms with Crippen LogP contribution in [0, 0.1) is 6.92 Å². The van der Waals surface area contributed by atoms with Gasteiger partial charge in [0, 0.05) is 22.5 Å². The van der Waals surface area contributed by atoms with Gasteiger partial charge < -0.3 is 10.1 Å². The van der Waals surface area contributed by atoms with E-state index in [1.807, 2.05) is 0 Å². The van der Waals surface area contributed by atoms with Gasteiger partial charge in [-0.2, -0.15) is 13.2 Å². The third kappa shape index (κ3) is 4.01. The molecule has 0 unspecified atom stereocenters. The number of aryl methyl sites for hydroxylation is 1. The molecule has 9 heteroatoms. The van der Waals surface area contributed by atoms with Crippen molar-refractivity contribution in [2.45, 2.75) is 19.6 Å². The molecule has 1 aromatic carbocycles. The molecule has 0 spiro atoms. The van der Waals surface area contributed by atoms with Crippen LogP contribution in [-0.2, 0) is 12.7 Å². The van der Waals surface area contributed by atoms with Crippen molar-refractivity contribution in [2.75, 3.05) is 7.11 Å². The normalized spacial score (nSPS) is 11.6. The fourth-order valence-electron chi connectivity index (χ4n) is 2.61. The number of carbonyl (C=O) groups is 1. The molecule has 0 radical (unpaired) electrons. The van der Waals surface area contributed by atoms with E-state index in [9.17, 15) is 18.0 Å². The molecule has 0 atom stereocenters. The van der Waals surface area contributed by atoms with E-state index in [1.54, 1.807) is 25.1 Å². The second-order valence-electron chi connectivity index (χ2n) is 5.74. The van der Waals surface area contributed by atoms with Crippen LogP contribution in [0.2, 0.25) is 5.02 Å². The van der Waals surface area contributed by atoms with E-state index in [1.165, 1.54) is 13.2 Å². The van der Waals surface area contributed by atoms with Crippen molar-refractivity contribution in [1.82, 2.24) is 10.3 Å². The first-order chi connectivity index (χ1) is 12.7. The van der Waals surface area contributed by atoms with Crippen molar-refractivity contribution < 1.29 is 22.7 Å². The van der Waals surface area contributed by atoms with Gasteiger partial charge >= 0.3 is 6.18 Å².